The van der Waals surface area contributed by atoms with Gasteiger partial charge in [0.05, 0.1) is 13.2 Å². The number of nitrogens with one attached hydrogen (secondary N) is 1. The Morgan fingerprint density at radius 1 is 1.21 bits per heavy atom. The summed E-state index contributed by atoms with van der Waals surface area (Å²) in [4.78, 5) is 45.9. The van der Waals surface area contributed by atoms with Crippen LogP contribution in [0.1, 0.15) is 33.6 Å². The Bertz CT molecular complexity index is 764. The summed E-state index contributed by atoms with van der Waals surface area (Å²) in [7, 11) is 1.31. The van der Waals surface area contributed by atoms with E-state index in [1.54, 1.807) is 31.9 Å². The highest BCUT2D eigenvalue weighted by molar-refractivity contribution is 5.91. The van der Waals surface area contributed by atoms with E-state index in [0.29, 0.717) is 25.2 Å². The lowest BCUT2D eigenvalue weighted by atomic mass is 10.1. The number of anilines is 1. The fourth-order valence-electron chi connectivity index (χ4n) is 3.86. The number of amides is 2. The number of fused-ring (bicyclic) bond motifs is 1. The molecule has 1 aromatic heterocycles. The number of alkyl carbamates (subject to hydrolysis) is 1. The zero-order chi connectivity index (χ0) is 21.2. The smallest absolute Gasteiger partial charge is 0.408 e. The van der Waals surface area contributed by atoms with Crippen LogP contribution in [-0.2, 0) is 19.1 Å². The number of methoxy groups -OCH3 is 1. The molecule has 3 rings (SSSR count). The van der Waals surface area contributed by atoms with E-state index in [0.717, 1.165) is 0 Å². The molecule has 2 aliphatic heterocycles. The maximum Gasteiger partial charge on any atom is 0.408 e. The highest BCUT2D eigenvalue weighted by atomic mass is 16.6. The number of hydrogen-bond donors (Lipinski definition) is 1. The lowest BCUT2D eigenvalue weighted by Crippen LogP contribution is -2.55. The van der Waals surface area contributed by atoms with Gasteiger partial charge in [-0.25, -0.2) is 14.6 Å². The molecule has 158 valence electrons. The van der Waals surface area contributed by atoms with Gasteiger partial charge in [-0.2, -0.15) is 0 Å². The highest BCUT2D eigenvalue weighted by Gasteiger charge is 2.47. The van der Waals surface area contributed by atoms with Crippen LogP contribution < -0.4 is 10.2 Å². The number of carbonyl (C=O) groups excluding carboxylic acids is 3. The Morgan fingerprint density at radius 2 is 1.97 bits per heavy atom. The lowest BCUT2D eigenvalue weighted by Gasteiger charge is -2.29. The summed E-state index contributed by atoms with van der Waals surface area (Å²) < 4.78 is 10.2. The van der Waals surface area contributed by atoms with Crippen molar-refractivity contribution in [1.82, 2.24) is 15.2 Å². The van der Waals surface area contributed by atoms with Crippen molar-refractivity contribution in [3.63, 3.8) is 0 Å². The minimum Gasteiger partial charge on any atom is -0.467 e. The van der Waals surface area contributed by atoms with Crippen LogP contribution in [0.5, 0.6) is 0 Å². The quantitative estimate of drug-likeness (QED) is 0.759. The van der Waals surface area contributed by atoms with Crippen molar-refractivity contribution in [2.24, 2.45) is 0 Å². The van der Waals surface area contributed by atoms with Crippen molar-refractivity contribution < 1.29 is 23.9 Å². The third kappa shape index (κ3) is 4.78. The van der Waals surface area contributed by atoms with E-state index in [-0.39, 0.29) is 18.5 Å². The predicted molar refractivity (Wildman–Crippen MR) is 105 cm³/mol. The fraction of sp³-hybridized carbons (Fsp3) is 0.600. The first-order chi connectivity index (χ1) is 13.7. The molecule has 2 aliphatic rings. The van der Waals surface area contributed by atoms with Gasteiger partial charge in [0.2, 0.25) is 5.91 Å². The van der Waals surface area contributed by atoms with Gasteiger partial charge in [-0.15, -0.1) is 0 Å². The Kier molecular flexibility index (Phi) is 5.95. The van der Waals surface area contributed by atoms with Crippen molar-refractivity contribution >= 4 is 23.8 Å². The van der Waals surface area contributed by atoms with Gasteiger partial charge in [0.25, 0.3) is 0 Å². The molecule has 0 radical (unpaired) electrons. The third-order valence-corrected chi connectivity index (χ3v) is 5.03. The highest BCUT2D eigenvalue weighted by Crippen LogP contribution is 2.30. The third-order valence-electron chi connectivity index (χ3n) is 5.03. The van der Waals surface area contributed by atoms with Crippen LogP contribution in [0.15, 0.2) is 24.4 Å². The van der Waals surface area contributed by atoms with Gasteiger partial charge in [-0.1, -0.05) is 6.07 Å². The van der Waals surface area contributed by atoms with Crippen molar-refractivity contribution in [2.45, 2.75) is 57.3 Å². The van der Waals surface area contributed by atoms with Crippen molar-refractivity contribution in [1.29, 1.82) is 0 Å². The molecule has 1 aromatic rings. The van der Waals surface area contributed by atoms with Gasteiger partial charge < -0.3 is 24.6 Å². The summed E-state index contributed by atoms with van der Waals surface area (Å²) >= 11 is 0. The topological polar surface area (TPSA) is 101 Å². The van der Waals surface area contributed by atoms with Gasteiger partial charge in [0, 0.05) is 19.3 Å². The summed E-state index contributed by atoms with van der Waals surface area (Å²) in [5, 5.41) is 2.68. The van der Waals surface area contributed by atoms with E-state index in [1.165, 1.54) is 7.11 Å². The molecule has 0 aliphatic carbocycles. The number of ether oxygens (including phenoxy) is 2. The van der Waals surface area contributed by atoms with Gasteiger partial charge in [0.1, 0.15) is 23.5 Å². The maximum absolute atomic E-state index is 13.3. The zero-order valence-corrected chi connectivity index (χ0v) is 17.3. The summed E-state index contributed by atoms with van der Waals surface area (Å²) in [6, 6.07) is 3.86. The molecule has 1 N–H and O–H groups in total. The summed E-state index contributed by atoms with van der Waals surface area (Å²) in [6.45, 7) is 6.02. The first-order valence-electron chi connectivity index (χ1n) is 9.75. The number of esters is 1. The van der Waals surface area contributed by atoms with Gasteiger partial charge >= 0.3 is 12.1 Å². The van der Waals surface area contributed by atoms with Crippen molar-refractivity contribution in [3.05, 3.63) is 24.4 Å². The van der Waals surface area contributed by atoms with Crippen LogP contribution in [-0.4, -0.2) is 71.8 Å². The van der Waals surface area contributed by atoms with Crippen LogP contribution in [0.3, 0.4) is 0 Å². The van der Waals surface area contributed by atoms with Crippen LogP contribution in [0.2, 0.25) is 0 Å². The molecule has 9 heteroatoms. The van der Waals surface area contributed by atoms with E-state index < -0.39 is 29.7 Å². The molecule has 0 bridgehead atoms. The van der Waals surface area contributed by atoms with Crippen LogP contribution in [0.25, 0.3) is 0 Å². The van der Waals surface area contributed by atoms with Crippen molar-refractivity contribution in [2.75, 3.05) is 25.1 Å². The fourth-order valence-corrected chi connectivity index (χ4v) is 3.86. The average Bonchev–Trinajstić information content (AvgIpc) is 3.02. The first-order valence-corrected chi connectivity index (χ1v) is 9.75. The molecule has 0 spiro atoms. The molecular formula is C20H28N4O5. The summed E-state index contributed by atoms with van der Waals surface area (Å²) in [5.41, 5.74) is -0.691. The predicted octanol–water partition coefficient (Wildman–Crippen LogP) is 1.33. The maximum atomic E-state index is 13.3. The van der Waals surface area contributed by atoms with Crippen LogP contribution in [0.4, 0.5) is 10.6 Å². The number of pyridine rings is 1. The monoisotopic (exact) mass is 404 g/mol. The number of carbonyl (C=O) groups is 3. The minimum atomic E-state index is -0.873. The number of aromatic nitrogens is 1. The molecule has 0 unspecified atom stereocenters. The summed E-state index contributed by atoms with van der Waals surface area (Å²) in [6.07, 6.45) is 2.21. The average molecular weight is 404 g/mol. The van der Waals surface area contributed by atoms with E-state index in [9.17, 15) is 14.4 Å². The Hall–Kier alpha value is -2.84. The Labute approximate surface area is 170 Å². The second-order valence-corrected chi connectivity index (χ2v) is 8.31. The molecule has 3 heterocycles. The molecule has 9 nitrogen and oxygen atoms in total. The van der Waals surface area contributed by atoms with Gasteiger partial charge in [0.15, 0.2) is 0 Å². The number of hydrogen-bond acceptors (Lipinski definition) is 7. The second kappa shape index (κ2) is 8.26. The van der Waals surface area contributed by atoms with Crippen LogP contribution in [0, 0.1) is 0 Å². The second-order valence-electron chi connectivity index (χ2n) is 8.31. The van der Waals surface area contributed by atoms with Gasteiger partial charge in [-0.3, -0.25) is 4.79 Å². The largest absolute Gasteiger partial charge is 0.467 e. The lowest BCUT2D eigenvalue weighted by molar-refractivity contribution is -0.152. The standard InChI is InChI=1S/C20H28N4O5/c1-20(2,3)29-19(27)22-14-12-23(16-7-5-6-10-21-16)11-13-8-9-15(18(26)28-4)24(13)17(14)25/h5-7,10,13-15H,8-9,11-12H2,1-4H3,(H,22,27)/t13-,14+,15+/m1/s1. The summed E-state index contributed by atoms with van der Waals surface area (Å²) in [5.74, 6) is -0.0463. The van der Waals surface area contributed by atoms with E-state index in [4.69, 9.17) is 9.47 Å². The molecular weight excluding hydrogens is 376 g/mol. The first kappa shape index (κ1) is 20.9. The molecule has 0 saturated carbocycles. The van der Waals surface area contributed by atoms with Gasteiger partial charge in [-0.05, 0) is 45.7 Å². The Balaban J connectivity index is 1.88. The number of rotatable bonds is 3. The molecule has 2 amide bonds. The molecule has 2 fully saturated rings. The van der Waals surface area contributed by atoms with E-state index in [1.807, 2.05) is 23.1 Å². The van der Waals surface area contributed by atoms with E-state index >= 15 is 0 Å². The molecule has 2 saturated heterocycles. The van der Waals surface area contributed by atoms with E-state index in [2.05, 4.69) is 10.3 Å². The zero-order valence-electron chi connectivity index (χ0n) is 17.3. The number of nitrogens with zero attached hydrogens (tertiary/aromatic N) is 3. The SMILES string of the molecule is COC(=O)[C@@H]1CC[C@@H]2CN(c3ccccn3)C[C@H](NC(=O)OC(C)(C)C)C(=O)N21. The molecule has 3 atom stereocenters. The minimum absolute atomic E-state index is 0.168. The van der Waals surface area contributed by atoms with Crippen molar-refractivity contribution in [3.8, 4) is 0 Å². The Morgan fingerprint density at radius 3 is 2.59 bits per heavy atom. The molecule has 0 aromatic carbocycles. The normalized spacial score (nSPS) is 24.6. The molecule has 29 heavy (non-hydrogen) atoms. The van der Waals surface area contributed by atoms with Crippen LogP contribution >= 0.6 is 0 Å².